The van der Waals surface area contributed by atoms with Gasteiger partial charge in [0.25, 0.3) is 0 Å². The molecular weight excluding hydrogens is 743 g/mol. The van der Waals surface area contributed by atoms with Gasteiger partial charge in [-0.2, -0.15) is 11.8 Å². The third-order valence-electron chi connectivity index (χ3n) is 15.5. The Morgan fingerprint density at radius 3 is 1.87 bits per heavy atom. The molecule has 0 bridgehead atoms. The predicted molar refractivity (Wildman–Crippen MR) is 272 cm³/mol. The molecule has 1 N–H and O–H groups in total. The summed E-state index contributed by atoms with van der Waals surface area (Å²) >= 11 is 2.26. The fourth-order valence-electron chi connectivity index (χ4n) is 12.1. The van der Waals surface area contributed by atoms with Crippen molar-refractivity contribution in [3.63, 3.8) is 0 Å². The highest BCUT2D eigenvalue weighted by atomic mass is 32.2. The van der Waals surface area contributed by atoms with E-state index in [4.69, 9.17) is 0 Å². The van der Waals surface area contributed by atoms with E-state index in [9.17, 15) is 0 Å². The number of fused-ring (bicyclic) bond motifs is 6. The zero-order valence-electron chi connectivity index (χ0n) is 39.7. The molecule has 0 radical (unpaired) electrons. The molecule has 4 unspecified atom stereocenters. The summed E-state index contributed by atoms with van der Waals surface area (Å²) in [5, 5.41) is 10.2. The second-order valence-corrected chi connectivity index (χ2v) is 21.7. The van der Waals surface area contributed by atoms with Crippen LogP contribution in [0.15, 0.2) is 36.4 Å². The van der Waals surface area contributed by atoms with Gasteiger partial charge in [0.15, 0.2) is 0 Å². The Kier molecular flexibility index (Phi) is 21.3. The minimum atomic E-state index is 0.545. The molecule has 1 fully saturated rings. The van der Waals surface area contributed by atoms with E-state index >= 15 is 0 Å². The van der Waals surface area contributed by atoms with Crippen LogP contribution in [0.25, 0.3) is 32.7 Å². The quantitative estimate of drug-likeness (QED) is 0.0485. The first-order chi connectivity index (χ1) is 29.6. The first kappa shape index (κ1) is 47.7. The average Bonchev–Trinajstić information content (AvgIpc) is 3.78. The number of benzene rings is 3. The summed E-state index contributed by atoms with van der Waals surface area (Å²) in [6, 6.07) is 14.5. The van der Waals surface area contributed by atoms with Gasteiger partial charge in [-0.1, -0.05) is 198 Å². The van der Waals surface area contributed by atoms with Crippen LogP contribution in [-0.2, 0) is 6.42 Å². The molecule has 0 heterocycles. The van der Waals surface area contributed by atoms with E-state index in [1.165, 1.54) is 234 Å². The number of unbranched alkanes of at least 4 members (excludes halogenated alkanes) is 23. The minimum absolute atomic E-state index is 0.545. The van der Waals surface area contributed by atoms with E-state index in [0.29, 0.717) is 5.25 Å². The summed E-state index contributed by atoms with van der Waals surface area (Å²) in [6.07, 6.45) is 44.4. The Labute approximate surface area is 375 Å². The molecule has 0 spiro atoms. The van der Waals surface area contributed by atoms with E-state index in [0.717, 1.165) is 17.8 Å². The molecule has 0 aromatic heterocycles. The van der Waals surface area contributed by atoms with Crippen molar-refractivity contribution in [2.75, 3.05) is 18.8 Å². The maximum Gasteiger partial charge on any atom is 0.0278 e. The monoisotopic (exact) mass is 834 g/mol. The van der Waals surface area contributed by atoms with Crippen LogP contribution in [0.3, 0.4) is 0 Å². The number of allylic oxidation sites excluding steroid dienone is 1. The Hall–Kier alpha value is -1.77. The van der Waals surface area contributed by atoms with Crippen molar-refractivity contribution in [1.29, 1.82) is 0 Å². The molecule has 0 aliphatic heterocycles. The highest BCUT2D eigenvalue weighted by molar-refractivity contribution is 8.00. The third-order valence-corrected chi connectivity index (χ3v) is 16.7. The van der Waals surface area contributed by atoms with E-state index in [1.54, 1.807) is 38.8 Å². The fraction of sp³-hybridized carbons (Fsp3) is 0.724. The summed E-state index contributed by atoms with van der Waals surface area (Å²) in [4.78, 5) is 0. The van der Waals surface area contributed by atoms with Crippen molar-refractivity contribution in [2.45, 2.75) is 238 Å². The van der Waals surface area contributed by atoms with E-state index < -0.39 is 0 Å². The molecule has 3 aliphatic carbocycles. The molecule has 2 heteroatoms. The molecule has 1 saturated carbocycles. The zero-order valence-corrected chi connectivity index (χ0v) is 40.5. The number of hydrogen-bond acceptors (Lipinski definition) is 2. The summed E-state index contributed by atoms with van der Waals surface area (Å²) in [5.74, 6) is 3.87. The van der Waals surface area contributed by atoms with Crippen molar-refractivity contribution in [2.24, 2.45) is 11.8 Å². The summed E-state index contributed by atoms with van der Waals surface area (Å²) < 4.78 is 0. The van der Waals surface area contributed by atoms with Gasteiger partial charge >= 0.3 is 0 Å². The molecule has 0 amide bonds. The molecule has 3 aliphatic rings. The molecule has 3 aromatic carbocycles. The number of hydrogen-bond donors (Lipinski definition) is 1. The minimum Gasteiger partial charge on any atom is -0.317 e. The van der Waals surface area contributed by atoms with Gasteiger partial charge in [0.2, 0.25) is 0 Å². The zero-order chi connectivity index (χ0) is 41.8. The lowest BCUT2D eigenvalue weighted by atomic mass is 9.72. The topological polar surface area (TPSA) is 12.0 Å². The van der Waals surface area contributed by atoms with Gasteiger partial charge in [-0.05, 0) is 156 Å². The Bertz CT molecular complexity index is 1720. The Morgan fingerprint density at radius 2 is 1.20 bits per heavy atom. The summed E-state index contributed by atoms with van der Waals surface area (Å²) in [5.41, 5.74) is 10.1. The molecular formula is C58H91NS. The van der Waals surface area contributed by atoms with Crippen LogP contribution in [0.1, 0.15) is 248 Å². The van der Waals surface area contributed by atoms with Gasteiger partial charge in [-0.25, -0.2) is 0 Å². The number of rotatable bonds is 33. The van der Waals surface area contributed by atoms with E-state index in [-0.39, 0.29) is 0 Å². The van der Waals surface area contributed by atoms with E-state index in [1.807, 2.05) is 0 Å². The molecule has 60 heavy (non-hydrogen) atoms. The molecule has 0 saturated heterocycles. The highest BCUT2D eigenvalue weighted by Gasteiger charge is 2.42. The van der Waals surface area contributed by atoms with Crippen molar-refractivity contribution < 1.29 is 0 Å². The fourth-order valence-corrected chi connectivity index (χ4v) is 13.3. The van der Waals surface area contributed by atoms with Gasteiger partial charge in [0, 0.05) is 5.25 Å². The summed E-state index contributed by atoms with van der Waals surface area (Å²) in [6.45, 7) is 12.1. The maximum absolute atomic E-state index is 3.64. The molecule has 3 aromatic rings. The maximum atomic E-state index is 3.64. The van der Waals surface area contributed by atoms with Crippen LogP contribution in [0.5, 0.6) is 0 Å². The SMILES string of the molecule is CCCCCCCCCCCCCCCCCCCCCCSC(C)C1=C(C)c2c3ccccc3cc3cc4c(c1c23)C1CCC(CCCCCCNCCCC)CC1C4. The number of thioether (sulfide) groups is 1. The van der Waals surface area contributed by atoms with Crippen LogP contribution in [0.2, 0.25) is 0 Å². The predicted octanol–water partition coefficient (Wildman–Crippen LogP) is 18.6. The lowest BCUT2D eigenvalue weighted by Gasteiger charge is -2.33. The van der Waals surface area contributed by atoms with Crippen molar-refractivity contribution in [1.82, 2.24) is 5.32 Å². The second-order valence-electron chi connectivity index (χ2n) is 20.2. The Morgan fingerprint density at radius 1 is 0.617 bits per heavy atom. The van der Waals surface area contributed by atoms with Crippen molar-refractivity contribution in [3.05, 3.63) is 58.7 Å². The first-order valence-corrected chi connectivity index (χ1v) is 27.7. The average molecular weight is 834 g/mol. The van der Waals surface area contributed by atoms with Crippen LogP contribution < -0.4 is 5.32 Å². The largest absolute Gasteiger partial charge is 0.317 e. The van der Waals surface area contributed by atoms with Crippen LogP contribution in [0.4, 0.5) is 0 Å². The van der Waals surface area contributed by atoms with Gasteiger partial charge in [0.05, 0.1) is 0 Å². The lowest BCUT2D eigenvalue weighted by molar-refractivity contribution is 0.231. The standard InChI is InChI=1S/C58H91NS/c1-5-7-9-10-11-12-13-14-15-16-17-18-19-20-21-22-23-24-27-32-40-60-46(4)54-45(3)55-52-35-30-29-34-48(52)42-51-44-50-43-49-41-47(33-28-25-26-31-39-59-38-8-6-2)36-37-53(49)56(50)58(54)57(51)55/h29-30,34-35,42,44,46-47,49,53,59H,5-28,31-33,36-41,43H2,1-4H3. The first-order valence-electron chi connectivity index (χ1n) is 26.7. The van der Waals surface area contributed by atoms with Gasteiger partial charge < -0.3 is 5.32 Å². The molecule has 334 valence electrons. The van der Waals surface area contributed by atoms with Crippen LogP contribution >= 0.6 is 11.8 Å². The van der Waals surface area contributed by atoms with Crippen molar-refractivity contribution >= 4 is 44.5 Å². The Balaban J connectivity index is 0.922. The summed E-state index contributed by atoms with van der Waals surface area (Å²) in [7, 11) is 0. The molecule has 6 rings (SSSR count). The third kappa shape index (κ3) is 13.6. The normalized spacial score (nSPS) is 18.9. The molecule has 4 atom stereocenters. The van der Waals surface area contributed by atoms with Gasteiger partial charge in [-0.3, -0.25) is 0 Å². The second kappa shape index (κ2) is 26.8. The molecule has 1 nitrogen and oxygen atoms in total. The number of nitrogens with one attached hydrogen (secondary N) is 1. The highest BCUT2D eigenvalue weighted by Crippen LogP contribution is 2.58. The van der Waals surface area contributed by atoms with Crippen molar-refractivity contribution in [3.8, 4) is 0 Å². The van der Waals surface area contributed by atoms with Gasteiger partial charge in [0.1, 0.15) is 0 Å². The van der Waals surface area contributed by atoms with Gasteiger partial charge in [-0.15, -0.1) is 0 Å². The van der Waals surface area contributed by atoms with Crippen LogP contribution in [-0.4, -0.2) is 24.1 Å². The van der Waals surface area contributed by atoms with E-state index in [2.05, 4.69) is 81.2 Å². The smallest absolute Gasteiger partial charge is 0.0278 e. The lowest BCUT2D eigenvalue weighted by Crippen LogP contribution is -2.21. The van der Waals surface area contributed by atoms with Crippen LogP contribution in [0, 0.1) is 11.8 Å².